The number of benzene rings is 1. The number of carbonyl (C=O) groups is 1. The first-order valence-corrected chi connectivity index (χ1v) is 6.02. The Morgan fingerprint density at radius 3 is 2.62 bits per heavy atom. The highest BCUT2D eigenvalue weighted by Gasteiger charge is 2.25. The predicted molar refractivity (Wildman–Crippen MR) is 71.3 cm³/mol. The van der Waals surface area contributed by atoms with E-state index in [1.165, 1.54) is 0 Å². The third-order valence-electron chi connectivity index (χ3n) is 2.76. The molecule has 0 atom stereocenters. The Morgan fingerprint density at radius 2 is 2.12 bits per heavy atom. The standard InChI is InChI=1S/C12H17BrN2O/c1-4-12(2,3)11(16)15-8-5-6-10(14)9(13)7-8/h5-7H,4,14H2,1-3H3,(H,15,16). The van der Waals surface area contributed by atoms with Gasteiger partial charge in [-0.2, -0.15) is 0 Å². The van der Waals surface area contributed by atoms with Gasteiger partial charge in [-0.3, -0.25) is 4.79 Å². The molecule has 16 heavy (non-hydrogen) atoms. The molecule has 0 aromatic heterocycles. The molecule has 0 spiro atoms. The molecule has 88 valence electrons. The van der Waals surface area contributed by atoms with Crippen LogP contribution in [0, 0.1) is 5.41 Å². The van der Waals surface area contributed by atoms with E-state index in [2.05, 4.69) is 21.2 Å². The third-order valence-corrected chi connectivity index (χ3v) is 3.44. The lowest BCUT2D eigenvalue weighted by Gasteiger charge is -2.21. The number of rotatable bonds is 3. The predicted octanol–water partition coefficient (Wildman–Crippen LogP) is 3.41. The normalized spacial score (nSPS) is 11.2. The summed E-state index contributed by atoms with van der Waals surface area (Å²) in [6.45, 7) is 5.85. The van der Waals surface area contributed by atoms with Gasteiger partial charge < -0.3 is 11.1 Å². The lowest BCUT2D eigenvalue weighted by atomic mass is 9.89. The van der Waals surface area contributed by atoms with Gasteiger partial charge in [0.05, 0.1) is 0 Å². The number of nitrogens with two attached hydrogens (primary N) is 1. The molecule has 1 amide bonds. The van der Waals surface area contributed by atoms with E-state index in [1.54, 1.807) is 18.2 Å². The highest BCUT2D eigenvalue weighted by Crippen LogP contribution is 2.26. The second-order valence-corrected chi connectivity index (χ2v) is 5.28. The fraction of sp³-hybridized carbons (Fsp3) is 0.417. The van der Waals surface area contributed by atoms with E-state index >= 15 is 0 Å². The summed E-state index contributed by atoms with van der Waals surface area (Å²) < 4.78 is 0.791. The highest BCUT2D eigenvalue weighted by atomic mass is 79.9. The molecule has 1 rings (SSSR count). The Balaban J connectivity index is 2.82. The van der Waals surface area contributed by atoms with Crippen molar-refractivity contribution in [2.45, 2.75) is 27.2 Å². The molecule has 3 N–H and O–H groups in total. The van der Waals surface area contributed by atoms with E-state index in [4.69, 9.17) is 5.73 Å². The van der Waals surface area contributed by atoms with Crippen LogP contribution in [0.2, 0.25) is 0 Å². The number of carbonyl (C=O) groups excluding carboxylic acids is 1. The van der Waals surface area contributed by atoms with E-state index in [0.717, 1.165) is 16.6 Å². The summed E-state index contributed by atoms with van der Waals surface area (Å²) in [5.41, 5.74) is 6.74. The molecule has 0 heterocycles. The van der Waals surface area contributed by atoms with E-state index in [1.807, 2.05) is 20.8 Å². The topological polar surface area (TPSA) is 55.1 Å². The van der Waals surface area contributed by atoms with Crippen molar-refractivity contribution in [1.29, 1.82) is 0 Å². The van der Waals surface area contributed by atoms with Gasteiger partial charge in [-0.25, -0.2) is 0 Å². The average Bonchev–Trinajstić information content (AvgIpc) is 2.23. The number of nitrogens with one attached hydrogen (secondary N) is 1. The van der Waals surface area contributed by atoms with Crippen LogP contribution in [0.4, 0.5) is 11.4 Å². The smallest absolute Gasteiger partial charge is 0.230 e. The number of anilines is 2. The Kier molecular flexibility index (Phi) is 3.97. The quantitative estimate of drug-likeness (QED) is 0.836. The van der Waals surface area contributed by atoms with Crippen LogP contribution in [-0.4, -0.2) is 5.91 Å². The third kappa shape index (κ3) is 2.98. The number of halogens is 1. The van der Waals surface area contributed by atoms with Crippen LogP contribution < -0.4 is 11.1 Å². The molecule has 0 bridgehead atoms. The molecule has 1 aromatic rings. The van der Waals surface area contributed by atoms with Gasteiger partial charge in [0.25, 0.3) is 0 Å². The van der Waals surface area contributed by atoms with Crippen molar-refractivity contribution in [3.8, 4) is 0 Å². The molecule has 1 aromatic carbocycles. The van der Waals surface area contributed by atoms with Crippen molar-refractivity contribution >= 4 is 33.2 Å². The summed E-state index contributed by atoms with van der Waals surface area (Å²) in [4.78, 5) is 11.9. The van der Waals surface area contributed by atoms with E-state index in [0.29, 0.717) is 5.69 Å². The highest BCUT2D eigenvalue weighted by molar-refractivity contribution is 9.10. The van der Waals surface area contributed by atoms with Gasteiger partial charge in [0.15, 0.2) is 0 Å². The van der Waals surface area contributed by atoms with Crippen molar-refractivity contribution in [1.82, 2.24) is 0 Å². The number of nitrogen functional groups attached to an aromatic ring is 1. The lowest BCUT2D eigenvalue weighted by molar-refractivity contribution is -0.124. The van der Waals surface area contributed by atoms with Crippen LogP contribution in [0.1, 0.15) is 27.2 Å². The van der Waals surface area contributed by atoms with Crippen LogP contribution in [0.15, 0.2) is 22.7 Å². The van der Waals surface area contributed by atoms with Gasteiger partial charge in [-0.05, 0) is 40.5 Å². The number of hydrogen-bond acceptors (Lipinski definition) is 2. The minimum atomic E-state index is -0.353. The molecule has 0 fully saturated rings. The minimum absolute atomic E-state index is 0.0201. The summed E-state index contributed by atoms with van der Waals surface area (Å²) in [5.74, 6) is 0.0201. The monoisotopic (exact) mass is 284 g/mol. The van der Waals surface area contributed by atoms with Crippen molar-refractivity contribution in [3.63, 3.8) is 0 Å². The van der Waals surface area contributed by atoms with Gasteiger partial charge in [0, 0.05) is 21.3 Å². The van der Waals surface area contributed by atoms with Gasteiger partial charge in [0.2, 0.25) is 5.91 Å². The fourth-order valence-electron chi connectivity index (χ4n) is 1.07. The van der Waals surface area contributed by atoms with Gasteiger partial charge in [0.1, 0.15) is 0 Å². The molecule has 0 saturated carbocycles. The SMILES string of the molecule is CCC(C)(C)C(=O)Nc1ccc(N)c(Br)c1. The first-order valence-electron chi connectivity index (χ1n) is 5.23. The molecule has 3 nitrogen and oxygen atoms in total. The summed E-state index contributed by atoms with van der Waals surface area (Å²) in [6, 6.07) is 5.36. The molecule has 0 aliphatic heterocycles. The zero-order valence-corrected chi connectivity index (χ0v) is 11.4. The Morgan fingerprint density at radius 1 is 1.50 bits per heavy atom. The molecule has 0 radical (unpaired) electrons. The maximum absolute atomic E-state index is 11.9. The molecule has 4 heteroatoms. The number of hydrogen-bond donors (Lipinski definition) is 2. The largest absolute Gasteiger partial charge is 0.398 e. The van der Waals surface area contributed by atoms with Crippen molar-refractivity contribution < 1.29 is 4.79 Å². The Bertz CT molecular complexity index is 402. The second kappa shape index (κ2) is 4.87. The lowest BCUT2D eigenvalue weighted by Crippen LogP contribution is -2.29. The van der Waals surface area contributed by atoms with Crippen molar-refractivity contribution in [2.75, 3.05) is 11.1 Å². The van der Waals surface area contributed by atoms with Crippen LogP contribution >= 0.6 is 15.9 Å². The van der Waals surface area contributed by atoms with Crippen molar-refractivity contribution in [3.05, 3.63) is 22.7 Å². The summed E-state index contributed by atoms with van der Waals surface area (Å²) >= 11 is 3.33. The first kappa shape index (κ1) is 13.0. The summed E-state index contributed by atoms with van der Waals surface area (Å²) in [5, 5.41) is 2.88. The van der Waals surface area contributed by atoms with E-state index < -0.39 is 0 Å². The van der Waals surface area contributed by atoms with Crippen LogP contribution in [-0.2, 0) is 4.79 Å². The second-order valence-electron chi connectivity index (χ2n) is 4.43. The maximum atomic E-state index is 11.9. The molecular weight excluding hydrogens is 268 g/mol. The Hall–Kier alpha value is -1.03. The average molecular weight is 285 g/mol. The fourth-order valence-corrected chi connectivity index (χ4v) is 1.44. The van der Waals surface area contributed by atoms with E-state index in [-0.39, 0.29) is 11.3 Å². The summed E-state index contributed by atoms with van der Waals surface area (Å²) in [7, 11) is 0. The van der Waals surface area contributed by atoms with Gasteiger partial charge in [-0.1, -0.05) is 20.8 Å². The molecule has 0 aliphatic carbocycles. The maximum Gasteiger partial charge on any atom is 0.230 e. The summed E-state index contributed by atoms with van der Waals surface area (Å²) in [6.07, 6.45) is 0.801. The van der Waals surface area contributed by atoms with Crippen LogP contribution in [0.25, 0.3) is 0 Å². The molecular formula is C12H17BrN2O. The molecule has 0 saturated heterocycles. The van der Waals surface area contributed by atoms with Crippen LogP contribution in [0.5, 0.6) is 0 Å². The van der Waals surface area contributed by atoms with E-state index in [9.17, 15) is 4.79 Å². The zero-order valence-electron chi connectivity index (χ0n) is 9.80. The van der Waals surface area contributed by atoms with Crippen LogP contribution in [0.3, 0.4) is 0 Å². The molecule has 0 aliphatic rings. The van der Waals surface area contributed by atoms with Crippen molar-refractivity contribution in [2.24, 2.45) is 5.41 Å². The Labute approximate surface area is 105 Å². The minimum Gasteiger partial charge on any atom is -0.398 e. The zero-order chi connectivity index (χ0) is 12.3. The van der Waals surface area contributed by atoms with Gasteiger partial charge >= 0.3 is 0 Å². The number of amides is 1. The first-order chi connectivity index (χ1) is 7.36. The van der Waals surface area contributed by atoms with Gasteiger partial charge in [-0.15, -0.1) is 0 Å². The molecule has 0 unspecified atom stereocenters.